The van der Waals surface area contributed by atoms with Gasteiger partial charge in [-0.3, -0.25) is 9.59 Å². The van der Waals surface area contributed by atoms with Crippen molar-refractivity contribution in [2.45, 2.75) is 83.6 Å². The van der Waals surface area contributed by atoms with Crippen molar-refractivity contribution in [3.8, 4) is 0 Å². The molecule has 5 fully saturated rings. The van der Waals surface area contributed by atoms with Crippen molar-refractivity contribution in [1.82, 2.24) is 0 Å². The third-order valence-corrected chi connectivity index (χ3v) is 10.7. The number of hydrogen-bond donors (Lipinski definition) is 3. The third-order valence-electron chi connectivity index (χ3n) is 10.7. The van der Waals surface area contributed by atoms with Crippen LogP contribution in [0, 0.1) is 40.4 Å². The molecule has 3 N–H and O–H groups in total. The molecule has 0 amide bonds. The van der Waals surface area contributed by atoms with E-state index in [9.17, 15) is 34.5 Å². The molecule has 2 saturated heterocycles. The van der Waals surface area contributed by atoms with Gasteiger partial charge in [0, 0.05) is 23.8 Å². The van der Waals surface area contributed by atoms with E-state index in [4.69, 9.17) is 18.9 Å². The number of ketones is 1. The Morgan fingerprint density at radius 2 is 1.82 bits per heavy atom. The van der Waals surface area contributed by atoms with E-state index in [1.165, 1.54) is 6.08 Å². The number of carbonyl (C=O) groups excluding carboxylic acids is 4. The minimum absolute atomic E-state index is 0.0262. The Bertz CT molecular complexity index is 1130. The van der Waals surface area contributed by atoms with Crippen LogP contribution < -0.4 is 0 Å². The van der Waals surface area contributed by atoms with E-state index in [1.54, 1.807) is 13.8 Å². The maximum Gasteiger partial charge on any atom is 0.348 e. The number of ether oxygens (including phenoxy) is 4. The first-order valence-electron chi connectivity index (χ1n) is 13.6. The molecule has 2 heterocycles. The first-order valence-corrected chi connectivity index (χ1v) is 13.6. The van der Waals surface area contributed by atoms with E-state index < -0.39 is 89.1 Å². The summed E-state index contributed by atoms with van der Waals surface area (Å²) in [4.78, 5) is 52.9. The lowest BCUT2D eigenvalue weighted by Crippen LogP contribution is -2.82. The standard InChI is InChI=1S/C28H38O11/c1-11(2)12(3)8-17(30)39-19-21-27(25(35)36-6)10-37-28(21)16(38-24(19)34)9-14-13(4)7-15(29)22(32)26(14,5)20(28)18(31)23(27)33/h8,11,13-14,16,18-23,31-33H,7,9-10H2,1-6H3/b12-8+/t13-,14+,16?,18-,19-,20-,21+,22-,23+,26+,27+,28?/m1/s1. The van der Waals surface area contributed by atoms with Crippen LogP contribution in [0.2, 0.25) is 0 Å². The Morgan fingerprint density at radius 3 is 2.44 bits per heavy atom. The number of carbonyl (C=O) groups is 4. The fraction of sp³-hybridized carbons (Fsp3) is 0.786. The Balaban J connectivity index is 1.71. The smallest absolute Gasteiger partial charge is 0.348 e. The van der Waals surface area contributed by atoms with Gasteiger partial charge in [-0.1, -0.05) is 33.3 Å². The summed E-state index contributed by atoms with van der Waals surface area (Å²) in [5, 5.41) is 34.7. The Morgan fingerprint density at radius 1 is 1.15 bits per heavy atom. The van der Waals surface area contributed by atoms with Gasteiger partial charge < -0.3 is 34.3 Å². The molecule has 0 radical (unpaired) electrons. The number of aliphatic hydroxyl groups excluding tert-OH is 3. The fourth-order valence-corrected chi connectivity index (χ4v) is 8.63. The first-order chi connectivity index (χ1) is 18.2. The molecule has 5 rings (SSSR count). The van der Waals surface area contributed by atoms with Gasteiger partial charge in [0.2, 0.25) is 6.10 Å². The summed E-state index contributed by atoms with van der Waals surface area (Å²) in [5.74, 6) is -6.09. The summed E-state index contributed by atoms with van der Waals surface area (Å²) in [6.07, 6.45) is -6.07. The van der Waals surface area contributed by atoms with Gasteiger partial charge in [0.25, 0.3) is 0 Å². The monoisotopic (exact) mass is 550 g/mol. The molecule has 1 spiro atoms. The van der Waals surface area contributed by atoms with Crippen molar-refractivity contribution in [2.24, 2.45) is 40.4 Å². The minimum Gasteiger partial charge on any atom is -0.468 e. The maximum absolute atomic E-state index is 13.5. The molecule has 11 heteroatoms. The highest BCUT2D eigenvalue weighted by molar-refractivity contribution is 5.89. The SMILES string of the molecule is COC(=O)[C@]12COC34C(C[C@H]5[C@H](C)CC(=O)[C@@H](O)[C@]5(C)[C@H]3[C@@H](O)[C@@H]1O)OC(=O)[C@H](OC(=O)/C=C(\C)C(C)C)[C@H]42. The molecule has 3 saturated carbocycles. The highest BCUT2D eigenvalue weighted by Gasteiger charge is 2.86. The second-order valence-corrected chi connectivity index (χ2v) is 12.6. The van der Waals surface area contributed by atoms with E-state index in [1.807, 2.05) is 20.8 Å². The van der Waals surface area contributed by atoms with Crippen molar-refractivity contribution in [1.29, 1.82) is 0 Å². The van der Waals surface area contributed by atoms with Crippen LogP contribution >= 0.6 is 0 Å². The van der Waals surface area contributed by atoms with E-state index >= 15 is 0 Å². The summed E-state index contributed by atoms with van der Waals surface area (Å²) in [7, 11) is 1.12. The molecule has 2 unspecified atom stereocenters. The van der Waals surface area contributed by atoms with E-state index in [2.05, 4.69) is 0 Å². The van der Waals surface area contributed by atoms with E-state index in [0.29, 0.717) is 5.57 Å². The van der Waals surface area contributed by atoms with Crippen LogP contribution in [0.4, 0.5) is 0 Å². The number of fused-ring (bicyclic) bond motifs is 2. The van der Waals surface area contributed by atoms with Gasteiger partial charge in [0.1, 0.15) is 23.2 Å². The zero-order valence-electron chi connectivity index (χ0n) is 23.1. The van der Waals surface area contributed by atoms with Gasteiger partial charge >= 0.3 is 17.9 Å². The number of methoxy groups -OCH3 is 1. The second kappa shape index (κ2) is 9.09. The van der Waals surface area contributed by atoms with Gasteiger partial charge in [-0.25, -0.2) is 9.59 Å². The van der Waals surface area contributed by atoms with Crippen molar-refractivity contribution >= 4 is 23.7 Å². The number of Topliss-reactive ketones (excluding diaryl/α,β-unsaturated/α-hetero) is 1. The molecule has 39 heavy (non-hydrogen) atoms. The molecule has 0 aromatic carbocycles. The van der Waals surface area contributed by atoms with Crippen LogP contribution in [0.3, 0.4) is 0 Å². The zero-order valence-corrected chi connectivity index (χ0v) is 23.1. The number of hydrogen-bond acceptors (Lipinski definition) is 11. The molecule has 5 aliphatic rings. The van der Waals surface area contributed by atoms with Crippen LogP contribution in [0.25, 0.3) is 0 Å². The van der Waals surface area contributed by atoms with Crippen LogP contribution in [0.15, 0.2) is 11.6 Å². The molecule has 3 aliphatic carbocycles. The van der Waals surface area contributed by atoms with Crippen molar-refractivity contribution in [2.75, 3.05) is 13.7 Å². The normalized spacial score (nSPS) is 48.7. The van der Waals surface area contributed by atoms with Gasteiger partial charge in [-0.15, -0.1) is 0 Å². The van der Waals surface area contributed by atoms with Crippen LogP contribution in [-0.2, 0) is 38.1 Å². The molecular weight excluding hydrogens is 512 g/mol. The third kappa shape index (κ3) is 3.42. The fourth-order valence-electron chi connectivity index (χ4n) is 8.63. The summed E-state index contributed by atoms with van der Waals surface area (Å²) in [5.41, 5.74) is -4.22. The number of allylic oxidation sites excluding steroid dienone is 1. The summed E-state index contributed by atoms with van der Waals surface area (Å²) in [6.45, 7) is 8.61. The average molecular weight is 551 g/mol. The average Bonchev–Trinajstić information content (AvgIpc) is 3.18. The predicted molar refractivity (Wildman–Crippen MR) is 131 cm³/mol. The molecule has 2 aliphatic heterocycles. The highest BCUT2D eigenvalue weighted by Crippen LogP contribution is 2.71. The quantitative estimate of drug-likeness (QED) is 0.251. The molecule has 216 valence electrons. The highest BCUT2D eigenvalue weighted by atomic mass is 16.6. The summed E-state index contributed by atoms with van der Waals surface area (Å²) in [6, 6.07) is 0. The van der Waals surface area contributed by atoms with Crippen LogP contribution in [-0.4, -0.2) is 88.8 Å². The van der Waals surface area contributed by atoms with Crippen molar-refractivity contribution in [3.63, 3.8) is 0 Å². The number of rotatable bonds is 4. The lowest BCUT2D eigenvalue weighted by Gasteiger charge is -2.68. The summed E-state index contributed by atoms with van der Waals surface area (Å²) >= 11 is 0. The minimum atomic E-state index is -1.97. The molecule has 12 atom stereocenters. The second-order valence-electron chi connectivity index (χ2n) is 12.6. The Hall–Kier alpha value is -2.34. The Labute approximate surface area is 226 Å². The van der Waals surface area contributed by atoms with Gasteiger partial charge in [-0.2, -0.15) is 0 Å². The van der Waals surface area contributed by atoms with E-state index in [0.717, 1.165) is 7.11 Å². The largest absolute Gasteiger partial charge is 0.468 e. The maximum atomic E-state index is 13.5. The number of esters is 3. The van der Waals surface area contributed by atoms with Crippen molar-refractivity contribution < 1.29 is 53.4 Å². The Kier molecular flexibility index (Phi) is 6.57. The lowest BCUT2D eigenvalue weighted by atomic mass is 9.39. The van der Waals surface area contributed by atoms with Crippen LogP contribution in [0.5, 0.6) is 0 Å². The van der Waals surface area contributed by atoms with Gasteiger partial charge in [-0.05, 0) is 31.1 Å². The molecule has 0 aromatic rings. The molecule has 0 aromatic heterocycles. The predicted octanol–water partition coefficient (Wildman–Crippen LogP) is 0.318. The molecule has 11 nitrogen and oxygen atoms in total. The van der Waals surface area contributed by atoms with Crippen molar-refractivity contribution in [3.05, 3.63) is 11.6 Å². The topological polar surface area (TPSA) is 166 Å². The van der Waals surface area contributed by atoms with E-state index in [-0.39, 0.29) is 30.6 Å². The van der Waals surface area contributed by atoms with Crippen LogP contribution in [0.1, 0.15) is 47.5 Å². The molecular formula is C28H38O11. The lowest BCUT2D eigenvalue weighted by molar-refractivity contribution is -0.322. The summed E-state index contributed by atoms with van der Waals surface area (Å²) < 4.78 is 23.0. The zero-order chi connectivity index (χ0) is 28.8. The van der Waals surface area contributed by atoms with Gasteiger partial charge in [0.15, 0.2) is 5.78 Å². The number of aliphatic hydroxyl groups is 3. The van der Waals surface area contributed by atoms with Gasteiger partial charge in [0.05, 0.1) is 31.8 Å². The first kappa shape index (κ1) is 28.2. The molecule has 2 bridgehead atoms.